The molecule has 1 aromatic carbocycles. The van der Waals surface area contributed by atoms with E-state index in [1.807, 2.05) is 0 Å². The van der Waals surface area contributed by atoms with Crippen molar-refractivity contribution in [1.29, 1.82) is 0 Å². The molecule has 2 rings (SSSR count). The first-order valence-electron chi connectivity index (χ1n) is 4.47. The molecule has 1 heterocycles. The van der Waals surface area contributed by atoms with E-state index in [9.17, 15) is 9.18 Å². The van der Waals surface area contributed by atoms with E-state index in [4.69, 9.17) is 16.3 Å². The van der Waals surface area contributed by atoms with Gasteiger partial charge in [0.2, 0.25) is 0 Å². The minimum Gasteiger partial charge on any atom is -0.447 e. The van der Waals surface area contributed by atoms with Crippen molar-refractivity contribution in [3.8, 4) is 0 Å². The van der Waals surface area contributed by atoms with Gasteiger partial charge in [-0.25, -0.2) is 9.18 Å². The molecule has 0 saturated carbocycles. The Morgan fingerprint density at radius 2 is 2.25 bits per heavy atom. The molecular weight excluding hydrogens is 256 g/mol. The molecule has 1 N–H and O–H groups in total. The van der Waals surface area contributed by atoms with Crippen LogP contribution in [0, 0.1) is 12.7 Å². The molecule has 0 aromatic heterocycles. The van der Waals surface area contributed by atoms with Crippen LogP contribution in [-0.4, -0.2) is 12.7 Å². The number of halogens is 3. The lowest BCUT2D eigenvalue weighted by atomic mass is 10.0. The molecule has 88 valence electrons. The number of rotatable bonds is 1. The van der Waals surface area contributed by atoms with Crippen LogP contribution in [0.4, 0.5) is 9.18 Å². The van der Waals surface area contributed by atoms with Gasteiger partial charge < -0.3 is 10.1 Å². The number of aryl methyl sites for hydroxylation is 1. The zero-order chi connectivity index (χ0) is 11.0. The van der Waals surface area contributed by atoms with Crippen LogP contribution in [0.15, 0.2) is 12.1 Å². The first-order valence-corrected chi connectivity index (χ1v) is 4.85. The largest absolute Gasteiger partial charge is 0.447 e. The van der Waals surface area contributed by atoms with Gasteiger partial charge in [-0.15, -0.1) is 12.4 Å². The average molecular weight is 266 g/mol. The number of carbonyl (C=O) groups excluding carboxylic acids is 1. The van der Waals surface area contributed by atoms with Crippen LogP contribution in [-0.2, 0) is 4.74 Å². The zero-order valence-electron chi connectivity index (χ0n) is 8.42. The van der Waals surface area contributed by atoms with Gasteiger partial charge in [-0.3, -0.25) is 0 Å². The molecule has 1 fully saturated rings. The van der Waals surface area contributed by atoms with Crippen LogP contribution in [0.2, 0.25) is 5.02 Å². The molecule has 1 atom stereocenters. The first-order chi connectivity index (χ1) is 7.09. The van der Waals surface area contributed by atoms with Gasteiger partial charge in [0.15, 0.2) is 0 Å². The quantitative estimate of drug-likeness (QED) is 0.848. The zero-order valence-corrected chi connectivity index (χ0v) is 9.99. The third-order valence-electron chi connectivity index (χ3n) is 2.34. The highest BCUT2D eigenvalue weighted by Crippen LogP contribution is 2.29. The monoisotopic (exact) mass is 265 g/mol. The van der Waals surface area contributed by atoms with Crippen molar-refractivity contribution < 1.29 is 13.9 Å². The molecule has 1 aliphatic heterocycles. The predicted molar refractivity (Wildman–Crippen MR) is 60.6 cm³/mol. The summed E-state index contributed by atoms with van der Waals surface area (Å²) in [5, 5.41) is 2.79. The Kier molecular flexibility index (Phi) is 3.99. The molecule has 0 spiro atoms. The summed E-state index contributed by atoms with van der Waals surface area (Å²) in [6.07, 6.45) is -0.544. The summed E-state index contributed by atoms with van der Waals surface area (Å²) in [5.41, 5.74) is 0.790. The molecule has 0 aliphatic carbocycles. The van der Waals surface area contributed by atoms with E-state index in [0.29, 0.717) is 16.1 Å². The van der Waals surface area contributed by atoms with Gasteiger partial charge in [-0.05, 0) is 18.6 Å². The van der Waals surface area contributed by atoms with Crippen LogP contribution >= 0.6 is 24.0 Å². The number of carbonyl (C=O) groups is 1. The second kappa shape index (κ2) is 4.89. The molecule has 1 aromatic rings. The number of alkyl carbamates (subject to hydrolysis) is 1. The number of amides is 1. The molecule has 0 radical (unpaired) electrons. The topological polar surface area (TPSA) is 38.3 Å². The van der Waals surface area contributed by atoms with Crippen molar-refractivity contribution >= 4 is 30.1 Å². The van der Waals surface area contributed by atoms with Crippen LogP contribution < -0.4 is 5.32 Å². The highest BCUT2D eigenvalue weighted by Gasteiger charge is 2.28. The standard InChI is InChI=1S/C10H9ClFNO2.ClH/c1-5-2-3-6(11)8(9(5)12)7-4-15-10(14)13-7;/h2-3,7H,4H2,1H3,(H,13,14);1H/t7-;/m1./s1. The maximum Gasteiger partial charge on any atom is 0.407 e. The molecule has 1 saturated heterocycles. The van der Waals surface area contributed by atoms with Crippen molar-refractivity contribution in [3.05, 3.63) is 34.1 Å². The summed E-state index contributed by atoms with van der Waals surface area (Å²) in [4.78, 5) is 10.8. The average Bonchev–Trinajstić information content (AvgIpc) is 2.59. The minimum absolute atomic E-state index is 0. The lowest BCUT2D eigenvalue weighted by Gasteiger charge is -2.12. The van der Waals surface area contributed by atoms with E-state index in [0.717, 1.165) is 0 Å². The van der Waals surface area contributed by atoms with Gasteiger partial charge in [-0.2, -0.15) is 0 Å². The molecule has 0 bridgehead atoms. The summed E-state index contributed by atoms with van der Waals surface area (Å²) in [5.74, 6) is -0.390. The Morgan fingerprint density at radius 1 is 1.56 bits per heavy atom. The van der Waals surface area contributed by atoms with Gasteiger partial charge >= 0.3 is 6.09 Å². The predicted octanol–water partition coefficient (Wildman–Crippen LogP) is 2.99. The summed E-state index contributed by atoms with van der Waals surface area (Å²) in [6, 6.07) is 2.71. The lowest BCUT2D eigenvalue weighted by Crippen LogP contribution is -2.20. The third kappa shape index (κ3) is 2.23. The lowest BCUT2D eigenvalue weighted by molar-refractivity contribution is 0.177. The summed E-state index contributed by atoms with van der Waals surface area (Å²) in [7, 11) is 0. The third-order valence-corrected chi connectivity index (χ3v) is 2.67. The Balaban J connectivity index is 0.00000128. The molecule has 1 amide bonds. The minimum atomic E-state index is -0.544. The van der Waals surface area contributed by atoms with E-state index in [2.05, 4.69) is 5.32 Å². The fourth-order valence-electron chi connectivity index (χ4n) is 1.54. The second-order valence-corrected chi connectivity index (χ2v) is 3.79. The Bertz CT molecular complexity index is 426. The number of cyclic esters (lactones) is 1. The number of nitrogens with one attached hydrogen (secondary N) is 1. The van der Waals surface area contributed by atoms with E-state index >= 15 is 0 Å². The van der Waals surface area contributed by atoms with Gasteiger partial charge in [0.25, 0.3) is 0 Å². The van der Waals surface area contributed by atoms with Crippen molar-refractivity contribution in [2.75, 3.05) is 6.61 Å². The van der Waals surface area contributed by atoms with Crippen molar-refractivity contribution in [2.24, 2.45) is 0 Å². The fourth-order valence-corrected chi connectivity index (χ4v) is 1.82. The highest BCUT2D eigenvalue weighted by atomic mass is 35.5. The highest BCUT2D eigenvalue weighted by molar-refractivity contribution is 6.31. The molecule has 0 unspecified atom stereocenters. The van der Waals surface area contributed by atoms with E-state index in [-0.39, 0.29) is 19.0 Å². The number of ether oxygens (including phenoxy) is 1. The van der Waals surface area contributed by atoms with Gasteiger partial charge in [0.05, 0.1) is 6.04 Å². The Hall–Kier alpha value is -1.00. The normalized spacial score (nSPS) is 18.7. The second-order valence-electron chi connectivity index (χ2n) is 3.39. The van der Waals surface area contributed by atoms with E-state index < -0.39 is 18.0 Å². The number of benzene rings is 1. The van der Waals surface area contributed by atoms with Crippen LogP contribution in [0.3, 0.4) is 0 Å². The van der Waals surface area contributed by atoms with Gasteiger partial charge in [-0.1, -0.05) is 17.7 Å². The van der Waals surface area contributed by atoms with E-state index in [1.165, 1.54) is 0 Å². The van der Waals surface area contributed by atoms with Crippen LogP contribution in [0.25, 0.3) is 0 Å². The maximum absolute atomic E-state index is 13.8. The molecule has 3 nitrogen and oxygen atoms in total. The Morgan fingerprint density at radius 3 is 2.81 bits per heavy atom. The number of hydrogen-bond acceptors (Lipinski definition) is 2. The smallest absolute Gasteiger partial charge is 0.407 e. The molecule has 1 aliphatic rings. The first kappa shape index (κ1) is 13.1. The Labute approximate surface area is 103 Å². The van der Waals surface area contributed by atoms with E-state index in [1.54, 1.807) is 19.1 Å². The molecular formula is C10H10Cl2FNO2. The van der Waals surface area contributed by atoms with Crippen molar-refractivity contribution in [3.63, 3.8) is 0 Å². The molecule has 16 heavy (non-hydrogen) atoms. The molecule has 6 heteroatoms. The summed E-state index contributed by atoms with van der Waals surface area (Å²) < 4.78 is 18.4. The van der Waals surface area contributed by atoms with Crippen molar-refractivity contribution in [1.82, 2.24) is 5.32 Å². The summed E-state index contributed by atoms with van der Waals surface area (Å²) >= 11 is 5.88. The number of hydrogen-bond donors (Lipinski definition) is 1. The van der Waals surface area contributed by atoms with Crippen LogP contribution in [0.5, 0.6) is 0 Å². The van der Waals surface area contributed by atoms with Gasteiger partial charge in [0, 0.05) is 10.6 Å². The fraction of sp³-hybridized carbons (Fsp3) is 0.300. The SMILES string of the molecule is Cc1ccc(Cl)c([C@H]2COC(=O)N2)c1F.Cl. The summed E-state index contributed by atoms with van der Waals surface area (Å²) in [6.45, 7) is 1.76. The van der Waals surface area contributed by atoms with Crippen molar-refractivity contribution in [2.45, 2.75) is 13.0 Å². The van der Waals surface area contributed by atoms with Gasteiger partial charge in [0.1, 0.15) is 12.4 Å². The maximum atomic E-state index is 13.8. The van der Waals surface area contributed by atoms with Crippen LogP contribution in [0.1, 0.15) is 17.2 Å².